The number of anilines is 1. The fourth-order valence-corrected chi connectivity index (χ4v) is 2.20. The van der Waals surface area contributed by atoms with E-state index in [0.29, 0.717) is 11.3 Å². The van der Waals surface area contributed by atoms with Crippen molar-refractivity contribution in [2.75, 3.05) is 12.0 Å². The van der Waals surface area contributed by atoms with Crippen LogP contribution in [-0.4, -0.2) is 16.2 Å². The lowest BCUT2D eigenvalue weighted by Gasteiger charge is -2.06. The van der Waals surface area contributed by atoms with E-state index in [4.69, 9.17) is 5.73 Å². The van der Waals surface area contributed by atoms with E-state index in [2.05, 4.69) is 4.98 Å². The Morgan fingerprint density at radius 3 is 2.53 bits per heavy atom. The minimum Gasteiger partial charge on any atom is -0.393 e. The van der Waals surface area contributed by atoms with E-state index >= 15 is 0 Å². The third kappa shape index (κ3) is 2.65. The molecule has 0 aliphatic heterocycles. The molecule has 5 nitrogen and oxygen atoms in total. The van der Waals surface area contributed by atoms with Crippen LogP contribution < -0.4 is 5.73 Å². The van der Waals surface area contributed by atoms with Crippen molar-refractivity contribution < 1.29 is 9.31 Å². The average molecular weight is 279 g/mol. The van der Waals surface area contributed by atoms with Crippen LogP contribution in [-0.2, 0) is 0 Å². The van der Waals surface area contributed by atoms with Gasteiger partial charge in [-0.05, 0) is 36.6 Å². The molecule has 98 valence electrons. The van der Waals surface area contributed by atoms with Gasteiger partial charge in [-0.3, -0.25) is 10.1 Å². The monoisotopic (exact) mass is 279 g/mol. The van der Waals surface area contributed by atoms with Crippen molar-refractivity contribution in [1.29, 1.82) is 0 Å². The van der Waals surface area contributed by atoms with Crippen LogP contribution in [0.3, 0.4) is 0 Å². The molecule has 1 aromatic heterocycles. The molecule has 0 spiro atoms. The van der Waals surface area contributed by atoms with Crippen molar-refractivity contribution in [3.63, 3.8) is 0 Å². The standard InChI is InChI=1S/C12H10FN3O2S/c1-19-12-11(16(17)18)9(14)6-10(15-12)7-2-4-8(13)5-3-7/h2-6H,1H3,(H2,14,15). The summed E-state index contributed by atoms with van der Waals surface area (Å²) in [5.41, 5.74) is 6.68. The summed E-state index contributed by atoms with van der Waals surface area (Å²) in [4.78, 5) is 14.6. The van der Waals surface area contributed by atoms with Gasteiger partial charge in [0.05, 0.1) is 10.6 Å². The maximum atomic E-state index is 12.9. The van der Waals surface area contributed by atoms with E-state index in [-0.39, 0.29) is 22.2 Å². The summed E-state index contributed by atoms with van der Waals surface area (Å²) in [7, 11) is 0. The molecule has 19 heavy (non-hydrogen) atoms. The molecule has 0 saturated heterocycles. The Balaban J connectivity index is 2.57. The van der Waals surface area contributed by atoms with Crippen LogP contribution in [0.4, 0.5) is 15.8 Å². The minimum atomic E-state index is -0.553. The second-order valence-electron chi connectivity index (χ2n) is 3.72. The largest absolute Gasteiger partial charge is 0.393 e. The molecule has 2 rings (SSSR count). The maximum Gasteiger partial charge on any atom is 0.324 e. The zero-order chi connectivity index (χ0) is 14.0. The van der Waals surface area contributed by atoms with E-state index in [1.165, 1.54) is 18.2 Å². The molecule has 1 aromatic carbocycles. The number of hydrogen-bond donors (Lipinski definition) is 1. The molecule has 7 heteroatoms. The third-order valence-electron chi connectivity index (χ3n) is 2.51. The summed E-state index contributed by atoms with van der Waals surface area (Å²) in [5.74, 6) is -0.358. The fraction of sp³-hybridized carbons (Fsp3) is 0.0833. The SMILES string of the molecule is CSc1nc(-c2ccc(F)cc2)cc(N)c1[N+](=O)[O-]. The number of nitrogens with zero attached hydrogens (tertiary/aromatic N) is 2. The summed E-state index contributed by atoms with van der Waals surface area (Å²) < 4.78 is 12.9. The van der Waals surface area contributed by atoms with Gasteiger partial charge in [0, 0.05) is 5.56 Å². The lowest BCUT2D eigenvalue weighted by molar-refractivity contribution is -0.387. The first-order valence-electron chi connectivity index (χ1n) is 5.27. The van der Waals surface area contributed by atoms with E-state index in [1.54, 1.807) is 18.4 Å². The molecular weight excluding hydrogens is 269 g/mol. The smallest absolute Gasteiger partial charge is 0.324 e. The lowest BCUT2D eigenvalue weighted by atomic mass is 10.1. The van der Waals surface area contributed by atoms with E-state index in [0.717, 1.165) is 11.8 Å². The molecule has 0 aliphatic carbocycles. The van der Waals surface area contributed by atoms with Crippen molar-refractivity contribution in [2.45, 2.75) is 5.03 Å². The highest BCUT2D eigenvalue weighted by Gasteiger charge is 2.21. The first kappa shape index (κ1) is 13.3. The van der Waals surface area contributed by atoms with Gasteiger partial charge in [0.2, 0.25) is 0 Å². The van der Waals surface area contributed by atoms with Crippen LogP contribution in [0, 0.1) is 15.9 Å². The number of rotatable bonds is 3. The van der Waals surface area contributed by atoms with Crippen LogP contribution in [0.2, 0.25) is 0 Å². The Morgan fingerprint density at radius 2 is 2.00 bits per heavy atom. The number of thioether (sulfide) groups is 1. The van der Waals surface area contributed by atoms with Crippen molar-refractivity contribution in [2.24, 2.45) is 0 Å². The van der Waals surface area contributed by atoms with Gasteiger partial charge in [-0.25, -0.2) is 9.37 Å². The number of nitrogens with two attached hydrogens (primary N) is 1. The molecule has 0 unspecified atom stereocenters. The minimum absolute atomic E-state index is 0.0451. The second-order valence-corrected chi connectivity index (χ2v) is 4.51. The Kier molecular flexibility index (Phi) is 3.66. The van der Waals surface area contributed by atoms with Gasteiger partial charge in [0.25, 0.3) is 0 Å². The van der Waals surface area contributed by atoms with Gasteiger partial charge in [-0.15, -0.1) is 11.8 Å². The summed E-state index contributed by atoms with van der Waals surface area (Å²) in [5, 5.41) is 11.2. The Hall–Kier alpha value is -2.15. The quantitative estimate of drug-likeness (QED) is 0.530. The number of benzene rings is 1. The van der Waals surface area contributed by atoms with Crippen LogP contribution in [0.5, 0.6) is 0 Å². The number of hydrogen-bond acceptors (Lipinski definition) is 5. The Labute approximate surface area is 112 Å². The molecule has 2 aromatic rings. The molecule has 0 fully saturated rings. The molecule has 2 N–H and O–H groups in total. The van der Waals surface area contributed by atoms with Crippen LogP contribution in [0.15, 0.2) is 35.4 Å². The van der Waals surface area contributed by atoms with Gasteiger partial charge >= 0.3 is 5.69 Å². The molecule has 0 aliphatic rings. The predicted octanol–water partition coefficient (Wildman–Crippen LogP) is 3.10. The second kappa shape index (κ2) is 5.23. The normalized spacial score (nSPS) is 10.4. The highest BCUT2D eigenvalue weighted by Crippen LogP contribution is 2.34. The molecule has 0 radical (unpaired) electrons. The summed E-state index contributed by atoms with van der Waals surface area (Å²) in [6.07, 6.45) is 1.68. The molecule has 0 amide bonds. The Morgan fingerprint density at radius 1 is 1.37 bits per heavy atom. The molecule has 0 bridgehead atoms. The van der Waals surface area contributed by atoms with Crippen LogP contribution >= 0.6 is 11.8 Å². The number of nitrogen functional groups attached to an aromatic ring is 1. The summed E-state index contributed by atoms with van der Waals surface area (Å²) >= 11 is 1.14. The van der Waals surface area contributed by atoms with Gasteiger partial charge < -0.3 is 5.73 Å². The van der Waals surface area contributed by atoms with Crippen molar-refractivity contribution >= 4 is 23.1 Å². The first-order valence-corrected chi connectivity index (χ1v) is 6.50. The third-order valence-corrected chi connectivity index (χ3v) is 3.18. The van der Waals surface area contributed by atoms with E-state index < -0.39 is 4.92 Å². The summed E-state index contributed by atoms with van der Waals surface area (Å²) in [6.45, 7) is 0. The zero-order valence-corrected chi connectivity index (χ0v) is 10.8. The van der Waals surface area contributed by atoms with Crippen molar-refractivity contribution in [3.05, 3.63) is 46.3 Å². The molecule has 0 saturated carbocycles. The maximum absolute atomic E-state index is 12.9. The summed E-state index contributed by atoms with van der Waals surface area (Å²) in [6, 6.07) is 7.12. The number of halogens is 1. The average Bonchev–Trinajstić information content (AvgIpc) is 2.38. The predicted molar refractivity (Wildman–Crippen MR) is 72.5 cm³/mol. The molecule has 0 atom stereocenters. The van der Waals surface area contributed by atoms with Gasteiger partial charge in [-0.2, -0.15) is 0 Å². The molecular formula is C12H10FN3O2S. The van der Waals surface area contributed by atoms with E-state index in [9.17, 15) is 14.5 Å². The number of pyridine rings is 1. The van der Waals surface area contributed by atoms with Crippen molar-refractivity contribution in [1.82, 2.24) is 4.98 Å². The highest BCUT2D eigenvalue weighted by atomic mass is 32.2. The van der Waals surface area contributed by atoms with Gasteiger partial charge in [0.15, 0.2) is 5.03 Å². The van der Waals surface area contributed by atoms with Crippen LogP contribution in [0.25, 0.3) is 11.3 Å². The van der Waals surface area contributed by atoms with Gasteiger partial charge in [0.1, 0.15) is 11.5 Å². The molecule has 1 heterocycles. The lowest BCUT2D eigenvalue weighted by Crippen LogP contribution is -2.01. The van der Waals surface area contributed by atoms with Gasteiger partial charge in [-0.1, -0.05) is 0 Å². The van der Waals surface area contributed by atoms with Crippen molar-refractivity contribution in [3.8, 4) is 11.3 Å². The van der Waals surface area contributed by atoms with Crippen LogP contribution in [0.1, 0.15) is 0 Å². The highest BCUT2D eigenvalue weighted by molar-refractivity contribution is 7.98. The first-order chi connectivity index (χ1) is 9.02. The fourth-order valence-electron chi connectivity index (χ4n) is 1.63. The van der Waals surface area contributed by atoms with E-state index in [1.807, 2.05) is 0 Å². The zero-order valence-electron chi connectivity index (χ0n) is 9.96. The number of nitro groups is 1. The number of aromatic nitrogens is 1. The topological polar surface area (TPSA) is 82.0 Å². The Bertz CT molecular complexity index is 632.